The van der Waals surface area contributed by atoms with E-state index in [2.05, 4.69) is 6.92 Å². The number of rotatable bonds is 1. The zero-order valence-electron chi connectivity index (χ0n) is 10.9. The van der Waals surface area contributed by atoms with Gasteiger partial charge in [0.25, 0.3) is 0 Å². The minimum Gasteiger partial charge on any atom is -0.445 e. The lowest BCUT2D eigenvalue weighted by atomic mass is 9.68. The van der Waals surface area contributed by atoms with Crippen LogP contribution in [0, 0.1) is 17.3 Å². The first-order valence-electron chi connectivity index (χ1n) is 6.99. The van der Waals surface area contributed by atoms with E-state index in [-0.39, 0.29) is 23.6 Å². The molecule has 4 unspecified atom stereocenters. The van der Waals surface area contributed by atoms with Crippen LogP contribution in [0.25, 0.3) is 0 Å². The third-order valence-corrected chi connectivity index (χ3v) is 5.39. The van der Waals surface area contributed by atoms with Crippen molar-refractivity contribution in [2.45, 2.75) is 31.8 Å². The fraction of sp³-hybridized carbons (Fsp3) is 0.500. The van der Waals surface area contributed by atoms with Crippen LogP contribution < -0.4 is 0 Å². The summed E-state index contributed by atoms with van der Waals surface area (Å²) in [7, 11) is 0. The highest BCUT2D eigenvalue weighted by atomic mass is 16.6. The Morgan fingerprint density at radius 3 is 2.63 bits per heavy atom. The second kappa shape index (κ2) is 3.27. The number of hydrogen-bond donors (Lipinski definition) is 0. The lowest BCUT2D eigenvalue weighted by Crippen LogP contribution is -2.33. The van der Waals surface area contributed by atoms with E-state index in [1.807, 2.05) is 30.3 Å². The molecule has 3 fully saturated rings. The second-order valence-corrected chi connectivity index (χ2v) is 6.05. The molecule has 1 aromatic rings. The van der Waals surface area contributed by atoms with Gasteiger partial charge in [0.2, 0.25) is 5.60 Å². The van der Waals surface area contributed by atoms with Gasteiger partial charge in [-0.15, -0.1) is 0 Å². The molecule has 0 radical (unpaired) electrons. The standard InChI is InChI=1S/C16H16O3/c1-10-6-5-9-12-13(17)19-16(14(18)15(10,12)16)11-7-3-2-4-8-11/h2-4,7-8,10,12H,5-6,9H2,1H3. The quantitative estimate of drug-likeness (QED) is 0.725. The zero-order valence-corrected chi connectivity index (χ0v) is 10.9. The molecule has 3 nitrogen and oxygen atoms in total. The van der Waals surface area contributed by atoms with Crippen LogP contribution in [-0.2, 0) is 19.9 Å². The van der Waals surface area contributed by atoms with Crippen LogP contribution in [0.15, 0.2) is 30.3 Å². The predicted molar refractivity (Wildman–Crippen MR) is 68.2 cm³/mol. The van der Waals surface area contributed by atoms with Gasteiger partial charge in [0, 0.05) is 5.56 Å². The Bertz CT molecular complexity index is 579. The van der Waals surface area contributed by atoms with Gasteiger partial charge in [-0.3, -0.25) is 9.59 Å². The molecule has 1 heterocycles. The number of ketones is 1. The Morgan fingerprint density at radius 2 is 1.89 bits per heavy atom. The summed E-state index contributed by atoms with van der Waals surface area (Å²) in [5.41, 5.74) is -0.677. The lowest BCUT2D eigenvalue weighted by Gasteiger charge is -2.30. The molecule has 2 saturated carbocycles. The Hall–Kier alpha value is -1.64. The fourth-order valence-corrected chi connectivity index (χ4v) is 4.55. The molecule has 1 aromatic carbocycles. The van der Waals surface area contributed by atoms with E-state index < -0.39 is 11.0 Å². The topological polar surface area (TPSA) is 43.4 Å². The normalized spacial score (nSPS) is 43.4. The van der Waals surface area contributed by atoms with Gasteiger partial charge in [-0.2, -0.15) is 0 Å². The van der Waals surface area contributed by atoms with Crippen LogP contribution in [0.1, 0.15) is 31.7 Å². The van der Waals surface area contributed by atoms with E-state index in [4.69, 9.17) is 4.74 Å². The highest BCUT2D eigenvalue weighted by Crippen LogP contribution is 2.76. The highest BCUT2D eigenvalue weighted by molar-refractivity contribution is 6.18. The van der Waals surface area contributed by atoms with Crippen molar-refractivity contribution in [3.05, 3.63) is 35.9 Å². The van der Waals surface area contributed by atoms with Crippen LogP contribution in [0.2, 0.25) is 0 Å². The van der Waals surface area contributed by atoms with E-state index in [0.717, 1.165) is 24.8 Å². The van der Waals surface area contributed by atoms with Gasteiger partial charge >= 0.3 is 5.97 Å². The summed E-state index contributed by atoms with van der Waals surface area (Å²) in [6.45, 7) is 2.09. The van der Waals surface area contributed by atoms with Gasteiger partial charge in [0.05, 0.1) is 5.92 Å². The Labute approximate surface area is 111 Å². The molecule has 1 aliphatic heterocycles. The monoisotopic (exact) mass is 256 g/mol. The fourth-order valence-electron chi connectivity index (χ4n) is 4.55. The third kappa shape index (κ3) is 0.991. The molecule has 0 bridgehead atoms. The first-order valence-corrected chi connectivity index (χ1v) is 6.99. The summed E-state index contributed by atoms with van der Waals surface area (Å²) in [5, 5.41) is 0. The molecule has 1 saturated heterocycles. The Balaban J connectivity index is 1.91. The summed E-state index contributed by atoms with van der Waals surface area (Å²) in [6, 6.07) is 9.53. The Morgan fingerprint density at radius 1 is 1.16 bits per heavy atom. The molecule has 4 rings (SSSR count). The van der Waals surface area contributed by atoms with Crippen LogP contribution in [0.5, 0.6) is 0 Å². The van der Waals surface area contributed by atoms with Gasteiger partial charge in [0.15, 0.2) is 5.78 Å². The van der Waals surface area contributed by atoms with Crippen molar-refractivity contribution in [1.29, 1.82) is 0 Å². The van der Waals surface area contributed by atoms with Crippen molar-refractivity contribution in [1.82, 2.24) is 0 Å². The average molecular weight is 256 g/mol. The number of benzene rings is 1. The SMILES string of the molecule is CC1CCCC2C(=O)OC3(c4ccccc4)C(=O)C123. The van der Waals surface area contributed by atoms with Crippen molar-refractivity contribution in [2.24, 2.45) is 17.3 Å². The molecule has 4 atom stereocenters. The van der Waals surface area contributed by atoms with E-state index in [0.29, 0.717) is 0 Å². The van der Waals surface area contributed by atoms with Gasteiger partial charge in [-0.25, -0.2) is 0 Å². The summed E-state index contributed by atoms with van der Waals surface area (Å²) < 4.78 is 5.64. The second-order valence-electron chi connectivity index (χ2n) is 6.05. The summed E-state index contributed by atoms with van der Waals surface area (Å²) in [4.78, 5) is 24.8. The maximum atomic E-state index is 12.7. The smallest absolute Gasteiger partial charge is 0.311 e. The van der Waals surface area contributed by atoms with Crippen LogP contribution in [0.4, 0.5) is 0 Å². The third-order valence-electron chi connectivity index (χ3n) is 5.39. The molecular formula is C16H16O3. The molecule has 3 aliphatic rings. The molecule has 3 heteroatoms. The number of carbonyl (C=O) groups excluding carboxylic acids is 2. The van der Waals surface area contributed by atoms with Crippen molar-refractivity contribution in [3.8, 4) is 0 Å². The van der Waals surface area contributed by atoms with Crippen LogP contribution in [-0.4, -0.2) is 11.8 Å². The van der Waals surface area contributed by atoms with Crippen molar-refractivity contribution in [3.63, 3.8) is 0 Å². The molecule has 2 aliphatic carbocycles. The Kier molecular flexibility index (Phi) is 1.93. The highest BCUT2D eigenvalue weighted by Gasteiger charge is 2.90. The number of carbonyl (C=O) groups is 2. The average Bonchev–Trinajstić information content (AvgIpc) is 2.81. The maximum Gasteiger partial charge on any atom is 0.311 e. The number of hydrogen-bond acceptors (Lipinski definition) is 3. The molecule has 0 amide bonds. The van der Waals surface area contributed by atoms with Crippen LogP contribution >= 0.6 is 0 Å². The molecule has 19 heavy (non-hydrogen) atoms. The summed E-state index contributed by atoms with van der Waals surface area (Å²) >= 11 is 0. The maximum absolute atomic E-state index is 12.7. The predicted octanol–water partition coefficient (Wildman–Crippen LogP) is 2.44. The first kappa shape index (κ1) is 11.2. The minimum absolute atomic E-state index is 0.128. The van der Waals surface area contributed by atoms with Crippen molar-refractivity contribution >= 4 is 11.8 Å². The van der Waals surface area contributed by atoms with Gasteiger partial charge < -0.3 is 4.74 Å². The van der Waals surface area contributed by atoms with Crippen molar-refractivity contribution in [2.75, 3.05) is 0 Å². The van der Waals surface area contributed by atoms with E-state index in [1.165, 1.54) is 0 Å². The summed E-state index contributed by atoms with van der Waals surface area (Å²) in [5.74, 6) is -0.0348. The van der Waals surface area contributed by atoms with Crippen LogP contribution in [0.3, 0.4) is 0 Å². The summed E-state index contributed by atoms with van der Waals surface area (Å²) in [6.07, 6.45) is 2.82. The van der Waals surface area contributed by atoms with E-state index in [1.54, 1.807) is 0 Å². The largest absolute Gasteiger partial charge is 0.445 e. The molecule has 1 spiro atoms. The van der Waals surface area contributed by atoms with Crippen molar-refractivity contribution < 1.29 is 14.3 Å². The van der Waals surface area contributed by atoms with Gasteiger partial charge in [-0.1, -0.05) is 43.7 Å². The van der Waals surface area contributed by atoms with E-state index in [9.17, 15) is 9.59 Å². The first-order chi connectivity index (χ1) is 9.15. The molecule has 98 valence electrons. The molecule has 0 N–H and O–H groups in total. The number of esters is 1. The van der Waals surface area contributed by atoms with Gasteiger partial charge in [-0.05, 0) is 18.8 Å². The minimum atomic E-state index is -0.962. The zero-order chi connectivity index (χ0) is 13.3. The number of ether oxygens (including phenoxy) is 1. The molecular weight excluding hydrogens is 240 g/mol. The lowest BCUT2D eigenvalue weighted by molar-refractivity contribution is -0.153. The van der Waals surface area contributed by atoms with Gasteiger partial charge in [0.1, 0.15) is 5.41 Å². The van der Waals surface area contributed by atoms with E-state index >= 15 is 0 Å². The molecule has 0 aromatic heterocycles. The number of Topliss-reactive ketones (excluding diaryl/α,β-unsaturated/α-hetero) is 1.